The van der Waals surface area contributed by atoms with Crippen LogP contribution in [-0.2, 0) is 10.0 Å². The zero-order chi connectivity index (χ0) is 15.5. The molecule has 1 aromatic carbocycles. The van der Waals surface area contributed by atoms with Crippen LogP contribution in [0.3, 0.4) is 0 Å². The summed E-state index contributed by atoms with van der Waals surface area (Å²) >= 11 is 0. The monoisotopic (exact) mass is 311 g/mol. The standard InChI is InChI=1S/C14H21N3O3S/c1-3-17(4-2)10-11(18)9-15-14-12-7-5-6-8-13(12)21(19,20)16-14/h5-8,11,18H,3-4,9-10H2,1-2H3,(H,15,16)/t11-/m0/s1. The summed E-state index contributed by atoms with van der Waals surface area (Å²) < 4.78 is 26.3. The van der Waals surface area contributed by atoms with Crippen LogP contribution in [0, 0.1) is 0 Å². The quantitative estimate of drug-likeness (QED) is 0.798. The van der Waals surface area contributed by atoms with Crippen molar-refractivity contribution < 1.29 is 13.5 Å². The van der Waals surface area contributed by atoms with E-state index in [1.54, 1.807) is 24.3 Å². The number of nitrogens with one attached hydrogen (secondary N) is 1. The number of benzene rings is 1. The van der Waals surface area contributed by atoms with Crippen LogP contribution in [0.5, 0.6) is 0 Å². The van der Waals surface area contributed by atoms with Gasteiger partial charge in [-0.2, -0.15) is 0 Å². The summed E-state index contributed by atoms with van der Waals surface area (Å²) in [5, 5.41) is 9.99. The fourth-order valence-electron chi connectivity index (χ4n) is 2.29. The molecule has 116 valence electrons. The summed E-state index contributed by atoms with van der Waals surface area (Å²) in [6.45, 7) is 6.48. The Balaban J connectivity index is 2.10. The molecule has 2 N–H and O–H groups in total. The molecule has 0 aromatic heterocycles. The van der Waals surface area contributed by atoms with Gasteiger partial charge in [-0.05, 0) is 25.2 Å². The molecule has 0 saturated heterocycles. The van der Waals surface area contributed by atoms with Crippen LogP contribution in [0.4, 0.5) is 0 Å². The molecule has 6 nitrogen and oxygen atoms in total. The highest BCUT2D eigenvalue weighted by Gasteiger charge is 2.30. The Morgan fingerprint density at radius 1 is 1.29 bits per heavy atom. The predicted octanol–water partition coefficient (Wildman–Crippen LogP) is 0.428. The van der Waals surface area contributed by atoms with Crippen LogP contribution >= 0.6 is 0 Å². The minimum atomic E-state index is -3.51. The van der Waals surface area contributed by atoms with E-state index in [4.69, 9.17) is 0 Å². The Hall–Kier alpha value is -1.44. The first kappa shape index (κ1) is 15.9. The van der Waals surface area contributed by atoms with Gasteiger partial charge in [0.25, 0.3) is 10.0 Å². The van der Waals surface area contributed by atoms with Gasteiger partial charge in [-0.3, -0.25) is 9.71 Å². The molecule has 0 fully saturated rings. The third-order valence-corrected chi connectivity index (χ3v) is 4.88. The molecule has 1 aromatic rings. The van der Waals surface area contributed by atoms with Crippen LogP contribution in [-0.4, -0.2) is 56.5 Å². The second-order valence-corrected chi connectivity index (χ2v) is 6.58. The molecule has 0 saturated carbocycles. The Bertz CT molecular complexity index is 624. The third-order valence-electron chi connectivity index (χ3n) is 3.49. The molecule has 2 rings (SSSR count). The van der Waals surface area contributed by atoms with E-state index in [1.165, 1.54) is 0 Å². The van der Waals surface area contributed by atoms with Gasteiger partial charge in [0.1, 0.15) is 5.84 Å². The number of fused-ring (bicyclic) bond motifs is 1. The number of aliphatic hydroxyl groups excluding tert-OH is 1. The smallest absolute Gasteiger partial charge is 0.263 e. The number of amidine groups is 1. The SMILES string of the molecule is CCN(CC)C[C@@H](O)CN=C1NS(=O)(=O)c2ccccc21. The zero-order valence-electron chi connectivity index (χ0n) is 12.3. The van der Waals surface area contributed by atoms with Gasteiger partial charge in [-0.25, -0.2) is 8.42 Å². The van der Waals surface area contributed by atoms with Gasteiger partial charge in [0.15, 0.2) is 0 Å². The normalized spacial score (nSPS) is 19.5. The van der Waals surface area contributed by atoms with Crippen molar-refractivity contribution in [3.63, 3.8) is 0 Å². The summed E-state index contributed by atoms with van der Waals surface area (Å²) in [7, 11) is -3.51. The van der Waals surface area contributed by atoms with Crippen LogP contribution in [0.15, 0.2) is 34.2 Å². The van der Waals surface area contributed by atoms with E-state index < -0.39 is 16.1 Å². The van der Waals surface area contributed by atoms with Crippen molar-refractivity contribution in [2.75, 3.05) is 26.2 Å². The average Bonchev–Trinajstić information content (AvgIpc) is 2.74. The summed E-state index contributed by atoms with van der Waals surface area (Å²) in [4.78, 5) is 6.56. The van der Waals surface area contributed by atoms with Crippen molar-refractivity contribution in [1.29, 1.82) is 0 Å². The van der Waals surface area contributed by atoms with Gasteiger partial charge >= 0.3 is 0 Å². The summed E-state index contributed by atoms with van der Waals surface area (Å²) in [6, 6.07) is 6.70. The lowest BCUT2D eigenvalue weighted by molar-refractivity contribution is 0.125. The maximum absolute atomic E-state index is 11.9. The first-order valence-electron chi connectivity index (χ1n) is 7.05. The highest BCUT2D eigenvalue weighted by Crippen LogP contribution is 2.22. The van der Waals surface area contributed by atoms with Gasteiger partial charge in [0.05, 0.1) is 17.5 Å². The molecule has 1 aliphatic heterocycles. The Labute approximate surface area is 125 Å². The molecular formula is C14H21N3O3S. The van der Waals surface area contributed by atoms with Crippen LogP contribution < -0.4 is 4.72 Å². The minimum absolute atomic E-state index is 0.169. The zero-order valence-corrected chi connectivity index (χ0v) is 13.1. The van der Waals surface area contributed by atoms with Crippen LogP contribution in [0.1, 0.15) is 19.4 Å². The second kappa shape index (κ2) is 6.55. The fourth-order valence-corrected chi connectivity index (χ4v) is 3.54. The molecule has 1 aliphatic rings. The molecule has 0 spiro atoms. The van der Waals surface area contributed by atoms with Gasteiger partial charge < -0.3 is 10.0 Å². The summed E-state index contributed by atoms with van der Waals surface area (Å²) in [6.07, 6.45) is -0.616. The highest BCUT2D eigenvalue weighted by atomic mass is 32.2. The van der Waals surface area contributed by atoms with Gasteiger partial charge in [-0.15, -0.1) is 0 Å². The van der Waals surface area contributed by atoms with E-state index in [2.05, 4.69) is 14.6 Å². The number of aliphatic hydroxyl groups is 1. The molecule has 0 bridgehead atoms. The lowest BCUT2D eigenvalue weighted by Gasteiger charge is -2.20. The molecular weight excluding hydrogens is 290 g/mol. The Morgan fingerprint density at radius 2 is 1.95 bits per heavy atom. The van der Waals surface area contributed by atoms with Crippen LogP contribution in [0.2, 0.25) is 0 Å². The minimum Gasteiger partial charge on any atom is -0.390 e. The first-order valence-corrected chi connectivity index (χ1v) is 8.53. The second-order valence-electron chi connectivity index (χ2n) is 4.93. The molecule has 7 heteroatoms. The van der Waals surface area contributed by atoms with Gasteiger partial charge in [-0.1, -0.05) is 26.0 Å². The number of nitrogens with zero attached hydrogens (tertiary/aromatic N) is 2. The summed E-state index contributed by atoms with van der Waals surface area (Å²) in [5.41, 5.74) is 0.563. The molecule has 0 aliphatic carbocycles. The van der Waals surface area contributed by atoms with E-state index >= 15 is 0 Å². The molecule has 0 unspecified atom stereocenters. The topological polar surface area (TPSA) is 82.0 Å². The van der Waals surface area contributed by atoms with Gasteiger partial charge in [0, 0.05) is 12.1 Å². The third kappa shape index (κ3) is 3.61. The molecule has 1 heterocycles. The van der Waals surface area contributed by atoms with E-state index in [1.807, 2.05) is 13.8 Å². The number of hydrogen-bond donors (Lipinski definition) is 2. The van der Waals surface area contributed by atoms with Crippen molar-refractivity contribution in [3.05, 3.63) is 29.8 Å². The Kier molecular flexibility index (Phi) is 4.97. The van der Waals surface area contributed by atoms with E-state index in [0.29, 0.717) is 17.9 Å². The lowest BCUT2D eigenvalue weighted by atomic mass is 10.2. The van der Waals surface area contributed by atoms with Crippen molar-refractivity contribution >= 4 is 15.9 Å². The maximum atomic E-state index is 11.9. The Morgan fingerprint density at radius 3 is 2.62 bits per heavy atom. The number of sulfonamides is 1. The van der Waals surface area contributed by atoms with Crippen molar-refractivity contribution in [2.24, 2.45) is 4.99 Å². The fraction of sp³-hybridized carbons (Fsp3) is 0.500. The van der Waals surface area contributed by atoms with E-state index in [0.717, 1.165) is 13.1 Å². The number of hydrogen-bond acceptors (Lipinski definition) is 5. The largest absolute Gasteiger partial charge is 0.390 e. The number of rotatable bonds is 6. The predicted molar refractivity (Wildman–Crippen MR) is 82.0 cm³/mol. The van der Waals surface area contributed by atoms with E-state index in [9.17, 15) is 13.5 Å². The maximum Gasteiger partial charge on any atom is 0.263 e. The number of aliphatic imine (C=N–C) groups is 1. The van der Waals surface area contributed by atoms with E-state index in [-0.39, 0.29) is 11.4 Å². The van der Waals surface area contributed by atoms with Crippen LogP contribution in [0.25, 0.3) is 0 Å². The molecule has 1 atom stereocenters. The van der Waals surface area contributed by atoms with Crippen molar-refractivity contribution in [1.82, 2.24) is 9.62 Å². The lowest BCUT2D eigenvalue weighted by Crippen LogP contribution is -2.34. The van der Waals surface area contributed by atoms with Gasteiger partial charge in [0.2, 0.25) is 0 Å². The number of likely N-dealkylation sites (N-methyl/N-ethyl adjacent to an activating group) is 1. The summed E-state index contributed by atoms with van der Waals surface area (Å²) in [5.74, 6) is 0.309. The highest BCUT2D eigenvalue weighted by molar-refractivity contribution is 7.90. The molecule has 0 radical (unpaired) electrons. The molecule has 0 amide bonds. The van der Waals surface area contributed by atoms with Crippen molar-refractivity contribution in [2.45, 2.75) is 24.8 Å². The van der Waals surface area contributed by atoms with Crippen molar-refractivity contribution in [3.8, 4) is 0 Å². The first-order chi connectivity index (χ1) is 9.97. The molecule has 21 heavy (non-hydrogen) atoms. The average molecular weight is 311 g/mol.